The Morgan fingerprint density at radius 3 is 2.44 bits per heavy atom. The molecule has 8 heteroatoms. The van der Waals surface area contributed by atoms with Crippen LogP contribution in [-0.2, 0) is 4.74 Å². The monoisotopic (exact) mass is 380 g/mol. The number of carbonyl (C=O) groups excluding carboxylic acids is 1. The second-order valence-corrected chi connectivity index (χ2v) is 6.33. The Morgan fingerprint density at radius 2 is 1.80 bits per heavy atom. The van der Waals surface area contributed by atoms with E-state index < -0.39 is 4.92 Å². The molecule has 1 fully saturated rings. The zero-order chi connectivity index (χ0) is 18.0. The topological polar surface area (TPSA) is 72.7 Å². The zero-order valence-electron chi connectivity index (χ0n) is 13.1. The van der Waals surface area contributed by atoms with Gasteiger partial charge in [0.15, 0.2) is 5.78 Å². The number of rotatable bonds is 4. The second-order valence-electron chi connectivity index (χ2n) is 5.52. The van der Waals surface area contributed by atoms with E-state index in [0.29, 0.717) is 42.6 Å². The first-order valence-corrected chi connectivity index (χ1v) is 8.34. The quantitative estimate of drug-likeness (QED) is 0.455. The van der Waals surface area contributed by atoms with Crippen molar-refractivity contribution in [2.75, 3.05) is 31.2 Å². The van der Waals surface area contributed by atoms with Crippen LogP contribution in [0.3, 0.4) is 0 Å². The molecule has 1 saturated heterocycles. The maximum Gasteiger partial charge on any atom is 0.270 e. The van der Waals surface area contributed by atoms with Gasteiger partial charge in [0.2, 0.25) is 0 Å². The van der Waals surface area contributed by atoms with Crippen LogP contribution in [0.5, 0.6) is 0 Å². The number of nitro benzene ring substituents is 1. The van der Waals surface area contributed by atoms with E-state index in [-0.39, 0.29) is 22.1 Å². The highest BCUT2D eigenvalue weighted by atomic mass is 35.5. The fourth-order valence-corrected chi connectivity index (χ4v) is 2.99. The highest BCUT2D eigenvalue weighted by Gasteiger charge is 2.23. The lowest BCUT2D eigenvalue weighted by Gasteiger charge is -2.30. The number of hydrogen-bond acceptors (Lipinski definition) is 5. The molecule has 1 heterocycles. The largest absolute Gasteiger partial charge is 0.378 e. The van der Waals surface area contributed by atoms with Gasteiger partial charge in [-0.25, -0.2) is 0 Å². The van der Waals surface area contributed by atoms with Crippen molar-refractivity contribution in [3.63, 3.8) is 0 Å². The number of carbonyl (C=O) groups is 1. The van der Waals surface area contributed by atoms with Crippen LogP contribution in [0.4, 0.5) is 11.4 Å². The van der Waals surface area contributed by atoms with Crippen LogP contribution in [0.25, 0.3) is 0 Å². The van der Waals surface area contributed by atoms with Gasteiger partial charge in [-0.05, 0) is 24.3 Å². The van der Waals surface area contributed by atoms with Crippen LogP contribution >= 0.6 is 23.2 Å². The van der Waals surface area contributed by atoms with Crippen molar-refractivity contribution >= 4 is 40.4 Å². The number of morpholine rings is 1. The molecule has 2 aromatic rings. The Labute approximate surface area is 154 Å². The molecule has 25 heavy (non-hydrogen) atoms. The summed E-state index contributed by atoms with van der Waals surface area (Å²) in [6.45, 7) is 2.30. The van der Waals surface area contributed by atoms with Crippen LogP contribution in [-0.4, -0.2) is 37.0 Å². The molecule has 0 radical (unpaired) electrons. The van der Waals surface area contributed by atoms with E-state index in [1.54, 1.807) is 12.1 Å². The molecule has 130 valence electrons. The van der Waals surface area contributed by atoms with Crippen molar-refractivity contribution in [3.05, 3.63) is 67.7 Å². The van der Waals surface area contributed by atoms with Crippen LogP contribution in [0.15, 0.2) is 36.4 Å². The minimum atomic E-state index is -0.519. The van der Waals surface area contributed by atoms with Crippen molar-refractivity contribution < 1.29 is 14.5 Å². The van der Waals surface area contributed by atoms with Gasteiger partial charge < -0.3 is 9.64 Å². The van der Waals surface area contributed by atoms with Crippen molar-refractivity contribution in [1.82, 2.24) is 0 Å². The molecule has 0 atom stereocenters. The summed E-state index contributed by atoms with van der Waals surface area (Å²) in [4.78, 5) is 25.6. The summed E-state index contributed by atoms with van der Waals surface area (Å²) in [5.74, 6) is -0.344. The molecule has 3 rings (SSSR count). The lowest BCUT2D eigenvalue weighted by atomic mass is 10.00. The summed E-state index contributed by atoms with van der Waals surface area (Å²) in [7, 11) is 0. The number of nitro groups is 1. The van der Waals surface area contributed by atoms with Gasteiger partial charge in [-0.1, -0.05) is 23.2 Å². The molecule has 0 N–H and O–H groups in total. The Bertz CT molecular complexity index is 835. The third-order valence-corrected chi connectivity index (χ3v) is 4.71. The minimum absolute atomic E-state index is 0.139. The predicted molar refractivity (Wildman–Crippen MR) is 96.0 cm³/mol. The molecule has 6 nitrogen and oxygen atoms in total. The molecule has 1 aliphatic rings. The molecule has 1 aliphatic heterocycles. The molecule has 0 aromatic heterocycles. The van der Waals surface area contributed by atoms with E-state index in [9.17, 15) is 14.9 Å². The fraction of sp³-hybridized carbons (Fsp3) is 0.235. The summed E-state index contributed by atoms with van der Waals surface area (Å²) in [6.07, 6.45) is 0. The first-order chi connectivity index (χ1) is 12.0. The summed E-state index contributed by atoms with van der Waals surface area (Å²) >= 11 is 11.9. The standard InChI is InChI=1S/C17H14Cl2N2O4/c18-14-3-1-11(9-15(14)19)17(22)13-10-12(21(23)24)2-4-16(13)20-5-7-25-8-6-20/h1-4,9-10H,5-8H2. The van der Waals surface area contributed by atoms with E-state index in [2.05, 4.69) is 0 Å². The van der Waals surface area contributed by atoms with Crippen LogP contribution in [0.1, 0.15) is 15.9 Å². The van der Waals surface area contributed by atoms with Crippen molar-refractivity contribution in [1.29, 1.82) is 0 Å². The number of nitrogens with zero attached hydrogens (tertiary/aromatic N) is 2. The van der Waals surface area contributed by atoms with Gasteiger partial charge >= 0.3 is 0 Å². The van der Waals surface area contributed by atoms with E-state index >= 15 is 0 Å². The average molecular weight is 381 g/mol. The maximum absolute atomic E-state index is 13.0. The molecule has 0 spiro atoms. The lowest BCUT2D eigenvalue weighted by molar-refractivity contribution is -0.384. The summed E-state index contributed by atoms with van der Waals surface area (Å²) < 4.78 is 5.33. The third-order valence-electron chi connectivity index (χ3n) is 3.97. The molecule has 0 bridgehead atoms. The highest BCUT2D eigenvalue weighted by Crippen LogP contribution is 2.30. The van der Waals surface area contributed by atoms with Crippen LogP contribution < -0.4 is 4.90 Å². The van der Waals surface area contributed by atoms with Gasteiger partial charge in [0.25, 0.3) is 5.69 Å². The van der Waals surface area contributed by atoms with Crippen molar-refractivity contribution in [2.24, 2.45) is 0 Å². The van der Waals surface area contributed by atoms with Gasteiger partial charge in [0, 0.05) is 36.5 Å². The number of halogens is 2. The number of ketones is 1. The molecular weight excluding hydrogens is 367 g/mol. The first kappa shape index (κ1) is 17.7. The molecule has 0 amide bonds. The minimum Gasteiger partial charge on any atom is -0.378 e. The Hall–Kier alpha value is -2.15. The maximum atomic E-state index is 13.0. The van der Waals surface area contributed by atoms with Gasteiger partial charge in [0.1, 0.15) is 0 Å². The molecule has 0 aliphatic carbocycles. The van der Waals surface area contributed by atoms with Crippen molar-refractivity contribution in [2.45, 2.75) is 0 Å². The zero-order valence-corrected chi connectivity index (χ0v) is 14.6. The number of hydrogen-bond donors (Lipinski definition) is 0. The SMILES string of the molecule is O=C(c1ccc(Cl)c(Cl)c1)c1cc([N+](=O)[O-])ccc1N1CCOCC1. The van der Waals surface area contributed by atoms with Crippen LogP contribution in [0, 0.1) is 10.1 Å². The Kier molecular flexibility index (Phi) is 5.22. The molecule has 0 saturated carbocycles. The number of non-ortho nitro benzene ring substituents is 1. The highest BCUT2D eigenvalue weighted by molar-refractivity contribution is 6.42. The first-order valence-electron chi connectivity index (χ1n) is 7.58. The smallest absolute Gasteiger partial charge is 0.270 e. The summed E-state index contributed by atoms with van der Waals surface area (Å²) in [6, 6.07) is 8.86. The second kappa shape index (κ2) is 7.39. The number of ether oxygens (including phenoxy) is 1. The van der Waals surface area contributed by atoms with E-state index in [0.717, 1.165) is 0 Å². The summed E-state index contributed by atoms with van der Waals surface area (Å²) in [5.41, 5.74) is 1.09. The lowest BCUT2D eigenvalue weighted by Crippen LogP contribution is -2.37. The molecular formula is C17H14Cl2N2O4. The fourth-order valence-electron chi connectivity index (χ4n) is 2.69. The van der Waals surface area contributed by atoms with Gasteiger partial charge in [-0.15, -0.1) is 0 Å². The third kappa shape index (κ3) is 3.76. The van der Waals surface area contributed by atoms with Gasteiger partial charge in [0.05, 0.1) is 33.7 Å². The average Bonchev–Trinajstić information content (AvgIpc) is 2.63. The van der Waals surface area contributed by atoms with E-state index in [4.69, 9.17) is 27.9 Å². The van der Waals surface area contributed by atoms with Gasteiger partial charge in [-0.2, -0.15) is 0 Å². The van der Waals surface area contributed by atoms with E-state index in [1.807, 2.05) is 4.90 Å². The van der Waals surface area contributed by atoms with Crippen molar-refractivity contribution in [3.8, 4) is 0 Å². The van der Waals surface area contributed by atoms with E-state index in [1.165, 1.54) is 24.3 Å². The van der Waals surface area contributed by atoms with Crippen LogP contribution in [0.2, 0.25) is 10.0 Å². The molecule has 0 unspecified atom stereocenters. The molecule has 2 aromatic carbocycles. The number of anilines is 1. The Balaban J connectivity index is 2.07. The van der Waals surface area contributed by atoms with Gasteiger partial charge in [-0.3, -0.25) is 14.9 Å². The predicted octanol–water partition coefficient (Wildman–Crippen LogP) is 3.97. The Morgan fingerprint density at radius 1 is 1.08 bits per heavy atom. The number of benzene rings is 2. The normalized spacial score (nSPS) is 14.4. The summed E-state index contributed by atoms with van der Waals surface area (Å²) in [5, 5.41) is 11.7.